The number of nitrogens with two attached hydrogens (primary N) is 1. The van der Waals surface area contributed by atoms with Crippen LogP contribution in [0.1, 0.15) is 6.92 Å². The molecule has 1 aromatic carbocycles. The minimum Gasteiger partial charge on any atom is -0.399 e. The van der Waals surface area contributed by atoms with Gasteiger partial charge in [-0.1, -0.05) is 11.6 Å². The second-order valence-electron chi connectivity index (χ2n) is 4.46. The maximum absolute atomic E-state index is 12.1. The lowest BCUT2D eigenvalue weighted by Gasteiger charge is -2.42. The number of nitrogens with zero attached hydrogens (tertiary/aromatic N) is 1. The van der Waals surface area contributed by atoms with Gasteiger partial charge in [-0.15, -0.1) is 0 Å². The van der Waals surface area contributed by atoms with Crippen LogP contribution in [0, 0.1) is 0 Å². The van der Waals surface area contributed by atoms with Crippen LogP contribution in [0.3, 0.4) is 0 Å². The molecular weight excluding hydrogens is 264 g/mol. The van der Waals surface area contributed by atoms with Gasteiger partial charge in [0.15, 0.2) is 0 Å². The van der Waals surface area contributed by atoms with Gasteiger partial charge < -0.3 is 10.8 Å². The van der Waals surface area contributed by atoms with Gasteiger partial charge in [-0.3, -0.25) is 0 Å². The summed E-state index contributed by atoms with van der Waals surface area (Å²) in [7, 11) is -3.63. The molecule has 0 unspecified atom stereocenters. The molecule has 1 aliphatic heterocycles. The van der Waals surface area contributed by atoms with E-state index in [1.807, 2.05) is 0 Å². The van der Waals surface area contributed by atoms with E-state index in [-0.39, 0.29) is 23.0 Å². The maximum atomic E-state index is 12.1. The summed E-state index contributed by atoms with van der Waals surface area (Å²) < 4.78 is 25.4. The van der Waals surface area contributed by atoms with E-state index in [1.54, 1.807) is 6.92 Å². The first-order valence-electron chi connectivity index (χ1n) is 5.00. The Bertz CT molecular complexity index is 549. The van der Waals surface area contributed by atoms with Crippen LogP contribution in [-0.2, 0) is 10.0 Å². The van der Waals surface area contributed by atoms with Crippen molar-refractivity contribution in [2.75, 3.05) is 18.8 Å². The molecule has 0 radical (unpaired) electrons. The van der Waals surface area contributed by atoms with Gasteiger partial charge in [-0.2, -0.15) is 4.31 Å². The molecule has 0 bridgehead atoms. The highest BCUT2D eigenvalue weighted by Gasteiger charge is 2.44. The fourth-order valence-corrected chi connectivity index (χ4v) is 3.95. The van der Waals surface area contributed by atoms with E-state index >= 15 is 0 Å². The SMILES string of the molecule is CC1(O)CN(S(=O)(=O)c2ccc(N)cc2Cl)C1. The monoisotopic (exact) mass is 276 g/mol. The molecule has 94 valence electrons. The summed E-state index contributed by atoms with van der Waals surface area (Å²) in [6, 6.07) is 4.25. The molecule has 1 saturated heterocycles. The number of hydrogen-bond donors (Lipinski definition) is 2. The van der Waals surface area contributed by atoms with Gasteiger partial charge >= 0.3 is 0 Å². The first kappa shape index (κ1) is 12.6. The predicted octanol–water partition coefficient (Wildman–Crippen LogP) is 0.677. The zero-order valence-electron chi connectivity index (χ0n) is 9.22. The number of rotatable bonds is 2. The molecule has 2 rings (SSSR count). The van der Waals surface area contributed by atoms with Crippen molar-refractivity contribution in [1.82, 2.24) is 4.31 Å². The van der Waals surface area contributed by atoms with Crippen LogP contribution in [-0.4, -0.2) is 36.5 Å². The minimum atomic E-state index is -3.63. The Morgan fingerprint density at radius 2 is 2.06 bits per heavy atom. The number of aliphatic hydroxyl groups is 1. The van der Waals surface area contributed by atoms with Crippen LogP contribution in [0.15, 0.2) is 23.1 Å². The lowest BCUT2D eigenvalue weighted by molar-refractivity contribution is -0.0426. The Morgan fingerprint density at radius 1 is 1.47 bits per heavy atom. The van der Waals surface area contributed by atoms with Crippen LogP contribution in [0.25, 0.3) is 0 Å². The van der Waals surface area contributed by atoms with E-state index < -0.39 is 15.6 Å². The van der Waals surface area contributed by atoms with Gasteiger partial charge in [0.05, 0.1) is 10.6 Å². The summed E-state index contributed by atoms with van der Waals surface area (Å²) >= 11 is 5.86. The molecule has 5 nitrogen and oxygen atoms in total. The first-order valence-corrected chi connectivity index (χ1v) is 6.82. The van der Waals surface area contributed by atoms with Crippen molar-refractivity contribution in [3.8, 4) is 0 Å². The van der Waals surface area contributed by atoms with E-state index in [0.29, 0.717) is 5.69 Å². The molecule has 1 heterocycles. The quantitative estimate of drug-likeness (QED) is 0.778. The van der Waals surface area contributed by atoms with Crippen molar-refractivity contribution in [3.63, 3.8) is 0 Å². The first-order chi connectivity index (χ1) is 7.72. The van der Waals surface area contributed by atoms with Crippen molar-refractivity contribution in [2.45, 2.75) is 17.4 Å². The minimum absolute atomic E-state index is 0.0175. The second kappa shape index (κ2) is 3.84. The molecule has 17 heavy (non-hydrogen) atoms. The maximum Gasteiger partial charge on any atom is 0.244 e. The summed E-state index contributed by atoms with van der Waals surface area (Å²) in [5.74, 6) is 0. The number of halogens is 1. The van der Waals surface area contributed by atoms with Crippen LogP contribution < -0.4 is 5.73 Å². The lowest BCUT2D eigenvalue weighted by Crippen LogP contribution is -2.61. The smallest absolute Gasteiger partial charge is 0.244 e. The summed E-state index contributed by atoms with van der Waals surface area (Å²) in [5.41, 5.74) is 4.96. The summed E-state index contributed by atoms with van der Waals surface area (Å²) in [6.45, 7) is 1.75. The number of anilines is 1. The van der Waals surface area contributed by atoms with Crippen LogP contribution >= 0.6 is 11.6 Å². The Kier molecular flexibility index (Phi) is 2.86. The zero-order valence-corrected chi connectivity index (χ0v) is 10.8. The fourth-order valence-electron chi connectivity index (χ4n) is 1.75. The molecule has 0 saturated carbocycles. The molecule has 0 aromatic heterocycles. The molecule has 1 aliphatic rings. The Morgan fingerprint density at radius 3 is 2.53 bits per heavy atom. The van der Waals surface area contributed by atoms with Crippen LogP contribution in [0.5, 0.6) is 0 Å². The third kappa shape index (κ3) is 2.26. The molecule has 1 fully saturated rings. The Balaban J connectivity index is 2.34. The Labute approximate surface area is 105 Å². The molecule has 0 spiro atoms. The third-order valence-corrected chi connectivity index (χ3v) is 4.88. The number of benzene rings is 1. The van der Waals surface area contributed by atoms with E-state index in [0.717, 1.165) is 0 Å². The summed E-state index contributed by atoms with van der Waals surface area (Å²) in [5, 5.41) is 9.64. The van der Waals surface area contributed by atoms with Gasteiger partial charge in [0.2, 0.25) is 10.0 Å². The number of sulfonamides is 1. The summed E-state index contributed by atoms with van der Waals surface area (Å²) in [4.78, 5) is 0.0175. The van der Waals surface area contributed by atoms with Crippen molar-refractivity contribution >= 4 is 27.3 Å². The van der Waals surface area contributed by atoms with Gasteiger partial charge in [-0.25, -0.2) is 8.42 Å². The topological polar surface area (TPSA) is 83.6 Å². The molecular formula is C10H13ClN2O3S. The molecule has 7 heteroatoms. The molecule has 0 atom stereocenters. The van der Waals surface area contributed by atoms with E-state index in [2.05, 4.69) is 0 Å². The van der Waals surface area contributed by atoms with E-state index in [4.69, 9.17) is 17.3 Å². The molecule has 0 aliphatic carbocycles. The van der Waals surface area contributed by atoms with Crippen LogP contribution in [0.4, 0.5) is 5.69 Å². The molecule has 1 aromatic rings. The molecule has 3 N–H and O–H groups in total. The van der Waals surface area contributed by atoms with Gasteiger partial charge in [-0.05, 0) is 25.1 Å². The third-order valence-electron chi connectivity index (χ3n) is 2.61. The van der Waals surface area contributed by atoms with Crippen molar-refractivity contribution < 1.29 is 13.5 Å². The average molecular weight is 277 g/mol. The van der Waals surface area contributed by atoms with Gasteiger partial charge in [0.25, 0.3) is 0 Å². The van der Waals surface area contributed by atoms with E-state index in [9.17, 15) is 13.5 Å². The van der Waals surface area contributed by atoms with Crippen molar-refractivity contribution in [1.29, 1.82) is 0 Å². The van der Waals surface area contributed by atoms with Crippen molar-refractivity contribution in [3.05, 3.63) is 23.2 Å². The normalized spacial score (nSPS) is 19.9. The van der Waals surface area contributed by atoms with Crippen LogP contribution in [0.2, 0.25) is 5.02 Å². The number of hydrogen-bond acceptors (Lipinski definition) is 4. The highest BCUT2D eigenvalue weighted by molar-refractivity contribution is 7.89. The highest BCUT2D eigenvalue weighted by Crippen LogP contribution is 2.31. The van der Waals surface area contributed by atoms with Gasteiger partial charge in [0.1, 0.15) is 4.90 Å². The lowest BCUT2D eigenvalue weighted by atomic mass is 10.0. The highest BCUT2D eigenvalue weighted by atomic mass is 35.5. The largest absolute Gasteiger partial charge is 0.399 e. The summed E-state index contributed by atoms with van der Waals surface area (Å²) in [6.07, 6.45) is 0. The molecule has 0 amide bonds. The second-order valence-corrected chi connectivity index (χ2v) is 6.77. The fraction of sp³-hybridized carbons (Fsp3) is 0.400. The zero-order chi connectivity index (χ0) is 12.8. The van der Waals surface area contributed by atoms with E-state index in [1.165, 1.54) is 22.5 Å². The van der Waals surface area contributed by atoms with Crippen molar-refractivity contribution in [2.24, 2.45) is 0 Å². The average Bonchev–Trinajstić information content (AvgIpc) is 2.13. The predicted molar refractivity (Wildman–Crippen MR) is 65.2 cm³/mol. The number of β-amino-alcohol motifs (C(OH)–C–C–N with tert-alkyl or cyclic N) is 1. The van der Waals surface area contributed by atoms with Gasteiger partial charge in [0, 0.05) is 18.8 Å². The number of nitrogen functional groups attached to an aromatic ring is 1. The Hall–Kier alpha value is -0.820. The standard InChI is InChI=1S/C10H13ClN2O3S/c1-10(14)5-13(6-10)17(15,16)9-3-2-7(12)4-8(9)11/h2-4,14H,5-6,12H2,1H3.